The summed E-state index contributed by atoms with van der Waals surface area (Å²) in [4.78, 5) is 41.0. The second kappa shape index (κ2) is 14.6. The number of hydrogen-bond donors (Lipinski definition) is 1. The number of benzene rings is 1. The number of carbonyl (C=O) groups excluding carboxylic acids is 1. The number of aliphatic carboxylic acids is 1. The van der Waals surface area contributed by atoms with Gasteiger partial charge in [0.25, 0.3) is 5.91 Å². The zero-order valence-electron chi connectivity index (χ0n) is 27.2. The van der Waals surface area contributed by atoms with Gasteiger partial charge in [-0.3, -0.25) is 24.5 Å². The molecule has 3 fully saturated rings. The van der Waals surface area contributed by atoms with Crippen LogP contribution in [0.25, 0.3) is 5.70 Å². The second-order valence-corrected chi connectivity index (χ2v) is 13.8. The van der Waals surface area contributed by atoms with Gasteiger partial charge in [0.15, 0.2) is 0 Å². The average molecular weight is 745 g/mol. The SMILES string of the molecule is CC\C=C/N=C(CC)\C(C)=C(\N=C(C)C12CCCC(C(=O)O)(CC1)CC2)c1ccc(C(=O)N(C)c2cc(C(F)(F)I)ccn2)cc1. The number of rotatable bonds is 11. The molecule has 7 nitrogen and oxygen atoms in total. The van der Waals surface area contributed by atoms with Crippen molar-refractivity contribution >= 4 is 57.4 Å². The van der Waals surface area contributed by atoms with Crippen LogP contribution in [-0.4, -0.2) is 40.4 Å². The topological polar surface area (TPSA) is 95.2 Å². The van der Waals surface area contributed by atoms with E-state index in [2.05, 4.69) is 25.8 Å². The Bertz CT molecular complexity index is 1570. The van der Waals surface area contributed by atoms with Crippen molar-refractivity contribution in [3.05, 3.63) is 77.1 Å². The highest BCUT2D eigenvalue weighted by Gasteiger charge is 2.50. The van der Waals surface area contributed by atoms with Gasteiger partial charge in [0.1, 0.15) is 5.82 Å². The van der Waals surface area contributed by atoms with E-state index in [1.807, 2.05) is 31.3 Å². The van der Waals surface area contributed by atoms with Gasteiger partial charge in [-0.1, -0.05) is 38.5 Å². The van der Waals surface area contributed by atoms with Crippen molar-refractivity contribution in [1.82, 2.24) is 4.98 Å². The Hall–Kier alpha value is -3.28. The van der Waals surface area contributed by atoms with Gasteiger partial charge in [0.05, 0.1) is 11.1 Å². The fourth-order valence-electron chi connectivity index (χ4n) is 6.67. The molecule has 1 aromatic carbocycles. The molecule has 2 aromatic rings. The van der Waals surface area contributed by atoms with Crippen molar-refractivity contribution in [2.24, 2.45) is 20.8 Å². The Morgan fingerprint density at radius 3 is 2.22 bits per heavy atom. The quantitative estimate of drug-likeness (QED) is 0.141. The highest BCUT2D eigenvalue weighted by Crippen LogP contribution is 2.55. The summed E-state index contributed by atoms with van der Waals surface area (Å²) in [6.45, 7) is 8.20. The molecule has 5 rings (SSSR count). The first-order valence-electron chi connectivity index (χ1n) is 15.9. The molecule has 0 aliphatic heterocycles. The number of carboxylic acid groups (broad SMARTS) is 1. The molecule has 0 radical (unpaired) electrons. The largest absolute Gasteiger partial charge is 0.481 e. The fourth-order valence-corrected chi connectivity index (χ4v) is 7.01. The standard InChI is InChI=1S/C36H43F2IN4O3/c1-6-8-21-40-29(7-2)24(3)31(42-25(4)34-15-9-16-35(19-17-34,20-18-34)33(45)46)26-10-12-27(13-11-26)32(44)43(5)30-23-28(14-22-41-30)36(37,38)39/h8,10-14,21-23H,6-7,9,15-20H2,1-5H3,(H,45,46)/b21-8-,31-24+,40-29-,42-25?. The van der Waals surface area contributed by atoms with Gasteiger partial charge in [-0.05, 0) is 95.1 Å². The van der Waals surface area contributed by atoms with Gasteiger partial charge in [-0.15, -0.1) is 0 Å². The van der Waals surface area contributed by atoms with Crippen LogP contribution in [-0.2, 0) is 8.72 Å². The summed E-state index contributed by atoms with van der Waals surface area (Å²) in [5.41, 5.74) is 3.81. The van der Waals surface area contributed by atoms with E-state index in [1.54, 1.807) is 12.1 Å². The Kier molecular flexibility index (Phi) is 11.3. The zero-order chi connectivity index (χ0) is 33.7. The van der Waals surface area contributed by atoms with Crippen LogP contribution in [0.2, 0.25) is 0 Å². The lowest BCUT2D eigenvalue weighted by atomic mass is 9.63. The maximum absolute atomic E-state index is 13.9. The number of carboxylic acids is 1. The van der Waals surface area contributed by atoms with Crippen LogP contribution in [0, 0.1) is 10.8 Å². The number of hydrogen-bond acceptors (Lipinski definition) is 5. The summed E-state index contributed by atoms with van der Waals surface area (Å²) >= 11 is 1.06. The van der Waals surface area contributed by atoms with Crippen molar-refractivity contribution in [1.29, 1.82) is 0 Å². The summed E-state index contributed by atoms with van der Waals surface area (Å²) in [7, 11) is 1.51. The molecule has 1 N–H and O–H groups in total. The molecule has 0 spiro atoms. The minimum Gasteiger partial charge on any atom is -0.481 e. The third-order valence-corrected chi connectivity index (χ3v) is 10.4. The van der Waals surface area contributed by atoms with Gasteiger partial charge in [0, 0.05) is 75.6 Å². The van der Waals surface area contributed by atoms with Crippen molar-refractivity contribution < 1.29 is 23.5 Å². The summed E-state index contributed by atoms with van der Waals surface area (Å²) < 4.78 is 24.7. The van der Waals surface area contributed by atoms with Gasteiger partial charge >= 0.3 is 9.90 Å². The maximum atomic E-state index is 13.9. The van der Waals surface area contributed by atoms with Crippen LogP contribution in [0.4, 0.5) is 14.6 Å². The summed E-state index contributed by atoms with van der Waals surface area (Å²) in [6, 6.07) is 9.60. The first-order chi connectivity index (χ1) is 21.8. The van der Waals surface area contributed by atoms with E-state index in [0.717, 1.165) is 83.0 Å². The number of nitrogens with zero attached hydrogens (tertiary/aromatic N) is 4. The molecule has 0 saturated heterocycles. The van der Waals surface area contributed by atoms with Crippen molar-refractivity contribution in [2.75, 3.05) is 11.9 Å². The third kappa shape index (κ3) is 7.64. The highest BCUT2D eigenvalue weighted by molar-refractivity contribution is 14.1. The number of anilines is 1. The lowest BCUT2D eigenvalue weighted by Crippen LogP contribution is -2.39. The maximum Gasteiger partial charge on any atom is 0.321 e. The third-order valence-electron chi connectivity index (χ3n) is 9.80. The predicted octanol–water partition coefficient (Wildman–Crippen LogP) is 9.62. The van der Waals surface area contributed by atoms with Gasteiger partial charge in [0.2, 0.25) is 0 Å². The van der Waals surface area contributed by atoms with Crippen LogP contribution in [0.5, 0.6) is 0 Å². The lowest BCUT2D eigenvalue weighted by Gasteiger charge is -2.41. The number of aliphatic imine (C=N–C) groups is 2. The number of halogens is 3. The Morgan fingerprint density at radius 2 is 1.63 bits per heavy atom. The van der Waals surface area contributed by atoms with Crippen LogP contribution in [0.3, 0.4) is 0 Å². The number of fused-ring (bicyclic) bond motifs is 4. The molecule has 3 aliphatic rings. The van der Waals surface area contributed by atoms with Crippen LogP contribution >= 0.6 is 22.6 Å². The number of pyridine rings is 1. The van der Waals surface area contributed by atoms with E-state index in [4.69, 9.17) is 9.98 Å². The van der Waals surface area contributed by atoms with Crippen LogP contribution in [0.1, 0.15) is 107 Å². The van der Waals surface area contributed by atoms with E-state index < -0.39 is 15.3 Å². The average Bonchev–Trinajstić information content (AvgIpc) is 3.37. The zero-order valence-corrected chi connectivity index (χ0v) is 29.4. The molecular weight excluding hydrogens is 701 g/mol. The molecule has 3 saturated carbocycles. The number of aromatic nitrogens is 1. The monoisotopic (exact) mass is 744 g/mol. The molecule has 1 aromatic heterocycles. The number of carbonyl (C=O) groups is 2. The van der Waals surface area contributed by atoms with Gasteiger partial charge < -0.3 is 5.11 Å². The molecule has 10 heteroatoms. The predicted molar refractivity (Wildman–Crippen MR) is 189 cm³/mol. The molecule has 246 valence electrons. The van der Waals surface area contributed by atoms with Crippen LogP contribution in [0.15, 0.2) is 70.4 Å². The molecule has 0 atom stereocenters. The molecule has 1 heterocycles. The van der Waals surface area contributed by atoms with E-state index in [1.165, 1.54) is 30.3 Å². The summed E-state index contributed by atoms with van der Waals surface area (Å²) in [5, 5.41) is 9.99. The van der Waals surface area contributed by atoms with E-state index in [9.17, 15) is 23.5 Å². The normalized spacial score (nSPS) is 22.9. The van der Waals surface area contributed by atoms with Crippen molar-refractivity contribution in [3.8, 4) is 0 Å². The second-order valence-electron chi connectivity index (χ2n) is 12.5. The minimum atomic E-state index is -3.08. The molecular formula is C36H43F2IN4O3. The molecule has 3 aliphatic carbocycles. The van der Waals surface area contributed by atoms with E-state index in [-0.39, 0.29) is 22.7 Å². The number of allylic oxidation sites excluding steroid dienone is 2. The number of alkyl halides is 3. The van der Waals surface area contributed by atoms with Crippen molar-refractivity contribution in [2.45, 2.75) is 89.4 Å². The highest BCUT2D eigenvalue weighted by atomic mass is 127. The molecule has 46 heavy (non-hydrogen) atoms. The van der Waals surface area contributed by atoms with Gasteiger partial charge in [-0.2, -0.15) is 8.78 Å². The summed E-state index contributed by atoms with van der Waals surface area (Å²) in [6.07, 6.45) is 12.1. The minimum absolute atomic E-state index is 0.130. The molecule has 0 unspecified atom stereocenters. The van der Waals surface area contributed by atoms with Gasteiger partial charge in [-0.25, -0.2) is 4.98 Å². The number of amides is 1. The lowest BCUT2D eigenvalue weighted by molar-refractivity contribution is -0.151. The van der Waals surface area contributed by atoms with Crippen LogP contribution < -0.4 is 4.90 Å². The molecule has 2 bridgehead atoms. The Balaban J connectivity index is 1.72. The molecule has 1 amide bonds. The van der Waals surface area contributed by atoms with Crippen molar-refractivity contribution in [3.63, 3.8) is 0 Å². The Labute approximate surface area is 284 Å². The Morgan fingerprint density at radius 1 is 1.02 bits per heavy atom. The van der Waals surface area contributed by atoms with E-state index in [0.29, 0.717) is 31.2 Å². The first-order valence-corrected chi connectivity index (χ1v) is 17.0. The van der Waals surface area contributed by atoms with E-state index >= 15 is 0 Å². The summed E-state index contributed by atoms with van der Waals surface area (Å²) in [5.74, 6) is -0.924. The fraction of sp³-hybridized carbons (Fsp3) is 0.472. The smallest absolute Gasteiger partial charge is 0.321 e. The first kappa shape index (κ1) is 35.6.